The third-order valence-corrected chi connectivity index (χ3v) is 1.66. The summed E-state index contributed by atoms with van der Waals surface area (Å²) in [5.74, 6) is 0. The summed E-state index contributed by atoms with van der Waals surface area (Å²) in [5.41, 5.74) is 2.69. The molecule has 0 aliphatic rings. The Balaban J connectivity index is -0.000000160. The molecule has 2 aromatic carbocycles. The normalized spacial score (nSPS) is 7.07. The molecule has 15 heavy (non-hydrogen) atoms. The molecule has 0 radical (unpaired) electrons. The van der Waals surface area contributed by atoms with Gasteiger partial charge in [0.2, 0.25) is 0 Å². The zero-order chi connectivity index (χ0) is 8.81. The van der Waals surface area contributed by atoms with Crippen LogP contribution in [0.2, 0.25) is 0 Å². The molecule has 2 aromatic rings. The van der Waals surface area contributed by atoms with Crippen LogP contribution in [0.4, 0.5) is 0 Å². The standard InChI is InChI=1S/2C6H7.2ClH.Cr/c2*1-6-4-2-3-5-6;;;/h2*2-5H,1H3;2*1H;/q2*-1;;;+4/p-2. The second kappa shape index (κ2) is 11.9. The first-order valence-electron chi connectivity index (χ1n) is 4.15. The van der Waals surface area contributed by atoms with Gasteiger partial charge in [-0.15, -0.1) is 0 Å². The molecular weight excluding hydrogens is 267 g/mol. The van der Waals surface area contributed by atoms with Crippen molar-refractivity contribution < 1.29 is 42.2 Å². The van der Waals surface area contributed by atoms with Crippen LogP contribution in [0, 0.1) is 13.8 Å². The second-order valence-corrected chi connectivity index (χ2v) is 2.92. The molecule has 0 fully saturated rings. The van der Waals surface area contributed by atoms with Crippen LogP contribution in [0.25, 0.3) is 0 Å². The van der Waals surface area contributed by atoms with Crippen molar-refractivity contribution in [3.05, 3.63) is 59.7 Å². The van der Waals surface area contributed by atoms with Crippen LogP contribution in [0.1, 0.15) is 11.1 Å². The molecular formula is C12H14Cl2Cr. The summed E-state index contributed by atoms with van der Waals surface area (Å²) in [6.07, 6.45) is 0. The van der Waals surface area contributed by atoms with Crippen LogP contribution in [0.15, 0.2) is 48.5 Å². The maximum absolute atomic E-state index is 2.08. The van der Waals surface area contributed by atoms with E-state index in [4.69, 9.17) is 0 Å². The van der Waals surface area contributed by atoms with E-state index in [1.54, 1.807) is 0 Å². The van der Waals surface area contributed by atoms with Gasteiger partial charge in [-0.25, -0.2) is 23.3 Å². The molecule has 0 aliphatic carbocycles. The Morgan fingerprint density at radius 3 is 1.20 bits per heavy atom. The Kier molecular flexibility index (Phi) is 16.0. The van der Waals surface area contributed by atoms with E-state index in [9.17, 15) is 0 Å². The van der Waals surface area contributed by atoms with Gasteiger partial charge in [-0.05, 0) is 0 Å². The van der Waals surface area contributed by atoms with Crippen molar-refractivity contribution in [3.63, 3.8) is 0 Å². The Morgan fingerprint density at radius 2 is 1.13 bits per heavy atom. The van der Waals surface area contributed by atoms with E-state index in [0.717, 1.165) is 0 Å². The molecule has 0 atom stereocenters. The van der Waals surface area contributed by atoms with Crippen LogP contribution in [-0.2, 0) is 17.4 Å². The Morgan fingerprint density at radius 1 is 0.800 bits per heavy atom. The van der Waals surface area contributed by atoms with Gasteiger partial charge in [0.05, 0.1) is 0 Å². The van der Waals surface area contributed by atoms with Crippen LogP contribution < -0.4 is 24.8 Å². The summed E-state index contributed by atoms with van der Waals surface area (Å²) < 4.78 is 0. The van der Waals surface area contributed by atoms with Gasteiger partial charge in [-0.2, -0.15) is 36.4 Å². The first-order valence-corrected chi connectivity index (χ1v) is 4.15. The van der Waals surface area contributed by atoms with Crippen molar-refractivity contribution in [1.29, 1.82) is 0 Å². The number of aryl methyl sites for hydroxylation is 2. The molecule has 0 bridgehead atoms. The van der Waals surface area contributed by atoms with E-state index < -0.39 is 0 Å². The monoisotopic (exact) mass is 280 g/mol. The Labute approximate surface area is 115 Å². The van der Waals surface area contributed by atoms with E-state index in [1.165, 1.54) is 11.1 Å². The number of halogens is 2. The molecule has 0 spiro atoms. The third-order valence-electron chi connectivity index (χ3n) is 1.66. The fourth-order valence-corrected chi connectivity index (χ4v) is 0.940. The fraction of sp³-hybridized carbons (Fsp3) is 0.167. The molecule has 0 saturated heterocycles. The van der Waals surface area contributed by atoms with Gasteiger partial charge in [-0.3, -0.25) is 0 Å². The molecule has 0 heterocycles. The molecule has 0 saturated carbocycles. The van der Waals surface area contributed by atoms with Gasteiger partial charge in [0.25, 0.3) is 0 Å². The molecule has 3 heteroatoms. The minimum Gasteiger partial charge on any atom is -1.00 e. The topological polar surface area (TPSA) is 0 Å². The van der Waals surface area contributed by atoms with Gasteiger partial charge < -0.3 is 24.8 Å². The first-order chi connectivity index (χ1) is 5.79. The molecule has 0 N–H and O–H groups in total. The molecule has 0 aromatic heterocycles. The molecule has 0 aliphatic heterocycles. The van der Waals surface area contributed by atoms with Crippen molar-refractivity contribution >= 4 is 0 Å². The maximum Gasteiger partial charge on any atom is 4.00 e. The van der Waals surface area contributed by atoms with Gasteiger partial charge in [-0.1, -0.05) is 13.8 Å². The van der Waals surface area contributed by atoms with Crippen molar-refractivity contribution in [2.45, 2.75) is 13.8 Å². The summed E-state index contributed by atoms with van der Waals surface area (Å²) in [5, 5.41) is 0. The molecule has 0 nitrogen and oxygen atoms in total. The van der Waals surface area contributed by atoms with Crippen LogP contribution in [0.5, 0.6) is 0 Å². The summed E-state index contributed by atoms with van der Waals surface area (Å²) in [6.45, 7) is 4.17. The van der Waals surface area contributed by atoms with E-state index in [1.807, 2.05) is 24.3 Å². The SMILES string of the molecule is Cc1cc[cH-]c1.Cc1cc[cH-]c1.[Cl-].[Cl-].[Cr+4]. The number of hydrogen-bond acceptors (Lipinski definition) is 0. The zero-order valence-corrected chi connectivity index (χ0v) is 11.6. The number of hydrogen-bond donors (Lipinski definition) is 0. The van der Waals surface area contributed by atoms with E-state index >= 15 is 0 Å². The largest absolute Gasteiger partial charge is 4.00 e. The van der Waals surface area contributed by atoms with Gasteiger partial charge >= 0.3 is 17.4 Å². The summed E-state index contributed by atoms with van der Waals surface area (Å²) in [6, 6.07) is 16.5. The van der Waals surface area contributed by atoms with Crippen molar-refractivity contribution in [3.8, 4) is 0 Å². The molecule has 0 unspecified atom stereocenters. The smallest absolute Gasteiger partial charge is 1.00 e. The predicted molar refractivity (Wildman–Crippen MR) is 53.5 cm³/mol. The predicted octanol–water partition coefficient (Wildman–Crippen LogP) is -2.57. The van der Waals surface area contributed by atoms with E-state index in [2.05, 4.69) is 38.1 Å². The second-order valence-electron chi connectivity index (χ2n) is 2.92. The van der Waals surface area contributed by atoms with Crippen LogP contribution in [-0.4, -0.2) is 0 Å². The summed E-state index contributed by atoms with van der Waals surface area (Å²) in [4.78, 5) is 0. The fourth-order valence-electron chi connectivity index (χ4n) is 0.940. The van der Waals surface area contributed by atoms with E-state index in [0.29, 0.717) is 0 Å². The minimum atomic E-state index is 0. The first kappa shape index (κ1) is 20.3. The Bertz CT molecular complexity index is 253. The average Bonchev–Trinajstić information content (AvgIpc) is 2.63. The Hall–Kier alpha value is -0.188. The van der Waals surface area contributed by atoms with Gasteiger partial charge in [0.15, 0.2) is 0 Å². The average molecular weight is 281 g/mol. The minimum absolute atomic E-state index is 0. The number of rotatable bonds is 0. The zero-order valence-electron chi connectivity index (χ0n) is 8.78. The van der Waals surface area contributed by atoms with Gasteiger partial charge in [0.1, 0.15) is 0 Å². The van der Waals surface area contributed by atoms with Crippen molar-refractivity contribution in [2.24, 2.45) is 0 Å². The van der Waals surface area contributed by atoms with Gasteiger partial charge in [0, 0.05) is 0 Å². The summed E-state index contributed by atoms with van der Waals surface area (Å²) >= 11 is 0. The molecule has 82 valence electrons. The summed E-state index contributed by atoms with van der Waals surface area (Å²) in [7, 11) is 0. The molecule has 2 rings (SSSR count). The van der Waals surface area contributed by atoms with Crippen molar-refractivity contribution in [1.82, 2.24) is 0 Å². The van der Waals surface area contributed by atoms with E-state index in [-0.39, 0.29) is 42.2 Å². The van der Waals surface area contributed by atoms with Crippen molar-refractivity contribution in [2.75, 3.05) is 0 Å². The van der Waals surface area contributed by atoms with Crippen LogP contribution in [0.3, 0.4) is 0 Å². The maximum atomic E-state index is 2.08. The van der Waals surface area contributed by atoms with Crippen LogP contribution >= 0.6 is 0 Å². The third kappa shape index (κ3) is 10.1. The quantitative estimate of drug-likeness (QED) is 0.466. The molecule has 0 amide bonds.